The minimum atomic E-state index is -3.69. The monoisotopic (exact) mass is 393 g/mol. The molecule has 3 rings (SSSR count). The number of amides is 2. The summed E-state index contributed by atoms with van der Waals surface area (Å²) in [5.74, 6) is -0.957. The molecule has 0 bridgehead atoms. The zero-order valence-corrected chi connectivity index (χ0v) is 15.6. The lowest BCUT2D eigenvalue weighted by Gasteiger charge is -2.26. The molecule has 1 aromatic carbocycles. The van der Waals surface area contributed by atoms with Crippen molar-refractivity contribution in [3.8, 4) is 0 Å². The molecule has 26 heavy (non-hydrogen) atoms. The van der Waals surface area contributed by atoms with Crippen molar-refractivity contribution in [3.63, 3.8) is 0 Å². The number of nitrogens with one attached hydrogen (secondary N) is 1. The van der Waals surface area contributed by atoms with Crippen LogP contribution in [0.4, 0.5) is 0 Å². The van der Waals surface area contributed by atoms with Crippen LogP contribution in [0.5, 0.6) is 0 Å². The number of nitrogens with two attached hydrogens (primary N) is 1. The van der Waals surface area contributed by atoms with E-state index < -0.39 is 21.8 Å². The fourth-order valence-electron chi connectivity index (χ4n) is 2.78. The molecule has 2 amide bonds. The normalized spacial score (nSPS) is 14.6. The number of nitrogens with zero attached hydrogens (tertiary/aromatic N) is 1. The standard InChI is InChI=1S/C17H19N3O4S2/c18-16(21)4-7-19-17(22)12-2-1-3-14(10-12)26(23,24)20-8-5-15-13(11-20)6-9-25-15/h1-3,6,9-10H,4-5,7-8,11H2,(H2,18,21)(H,19,22). The first-order valence-corrected chi connectivity index (χ1v) is 10.4. The summed E-state index contributed by atoms with van der Waals surface area (Å²) >= 11 is 1.64. The molecule has 2 aromatic rings. The number of thiophene rings is 1. The third-order valence-electron chi connectivity index (χ3n) is 4.16. The Kier molecular flexibility index (Phi) is 5.40. The van der Waals surface area contributed by atoms with Gasteiger partial charge in [0, 0.05) is 36.5 Å². The van der Waals surface area contributed by atoms with Crippen molar-refractivity contribution in [2.45, 2.75) is 24.3 Å². The zero-order valence-electron chi connectivity index (χ0n) is 14.0. The van der Waals surface area contributed by atoms with Gasteiger partial charge in [-0.1, -0.05) is 6.07 Å². The number of hydrogen-bond donors (Lipinski definition) is 2. The Morgan fingerprint density at radius 3 is 2.85 bits per heavy atom. The molecule has 0 saturated carbocycles. The Hall–Kier alpha value is -2.23. The number of fused-ring (bicyclic) bond motifs is 1. The van der Waals surface area contributed by atoms with Gasteiger partial charge in [-0.15, -0.1) is 11.3 Å². The van der Waals surface area contributed by atoms with E-state index in [1.165, 1.54) is 33.4 Å². The lowest BCUT2D eigenvalue weighted by atomic mass is 10.1. The molecule has 1 aromatic heterocycles. The second-order valence-electron chi connectivity index (χ2n) is 5.96. The summed E-state index contributed by atoms with van der Waals surface area (Å²) in [6.07, 6.45) is 0.722. The SMILES string of the molecule is NC(=O)CCNC(=O)c1cccc(S(=O)(=O)N2CCc3sccc3C2)c1. The van der Waals surface area contributed by atoms with E-state index in [-0.39, 0.29) is 23.4 Å². The predicted molar refractivity (Wildman–Crippen MR) is 98.2 cm³/mol. The van der Waals surface area contributed by atoms with E-state index >= 15 is 0 Å². The van der Waals surface area contributed by atoms with Crippen molar-refractivity contribution in [2.24, 2.45) is 5.73 Å². The second-order valence-corrected chi connectivity index (χ2v) is 8.90. The molecule has 7 nitrogen and oxygen atoms in total. The van der Waals surface area contributed by atoms with Gasteiger partial charge >= 0.3 is 0 Å². The summed E-state index contributed by atoms with van der Waals surface area (Å²) in [7, 11) is -3.69. The maximum atomic E-state index is 12.9. The minimum absolute atomic E-state index is 0.0283. The largest absolute Gasteiger partial charge is 0.370 e. The first-order chi connectivity index (χ1) is 12.4. The van der Waals surface area contributed by atoms with Gasteiger partial charge < -0.3 is 11.1 Å². The fourth-order valence-corrected chi connectivity index (χ4v) is 5.13. The van der Waals surface area contributed by atoms with Crippen molar-refractivity contribution in [3.05, 3.63) is 51.7 Å². The molecule has 1 aliphatic heterocycles. The number of primary amides is 1. The van der Waals surface area contributed by atoms with E-state index in [1.54, 1.807) is 11.3 Å². The van der Waals surface area contributed by atoms with Crippen LogP contribution >= 0.6 is 11.3 Å². The lowest BCUT2D eigenvalue weighted by Crippen LogP contribution is -2.35. The zero-order chi connectivity index (χ0) is 18.7. The Labute approximate surface area is 155 Å². The number of rotatable bonds is 6. The lowest BCUT2D eigenvalue weighted by molar-refractivity contribution is -0.117. The Bertz CT molecular complexity index is 937. The number of carbonyl (C=O) groups excluding carboxylic acids is 2. The summed E-state index contributed by atoms with van der Waals surface area (Å²) in [6.45, 7) is 0.874. The van der Waals surface area contributed by atoms with E-state index in [4.69, 9.17) is 5.73 Å². The minimum Gasteiger partial charge on any atom is -0.370 e. The first kappa shape index (κ1) is 18.6. The smallest absolute Gasteiger partial charge is 0.251 e. The molecular weight excluding hydrogens is 374 g/mol. The van der Waals surface area contributed by atoms with E-state index in [0.717, 1.165) is 5.56 Å². The highest BCUT2D eigenvalue weighted by molar-refractivity contribution is 7.89. The van der Waals surface area contributed by atoms with Gasteiger partial charge in [-0.3, -0.25) is 9.59 Å². The van der Waals surface area contributed by atoms with Crippen LogP contribution in [0, 0.1) is 0 Å². The van der Waals surface area contributed by atoms with Crippen LogP contribution in [0.25, 0.3) is 0 Å². The number of benzene rings is 1. The summed E-state index contributed by atoms with van der Waals surface area (Å²) in [5, 5.41) is 4.52. The second kappa shape index (κ2) is 7.56. The summed E-state index contributed by atoms with van der Waals surface area (Å²) in [5.41, 5.74) is 6.29. The Morgan fingerprint density at radius 1 is 1.27 bits per heavy atom. The Balaban J connectivity index is 1.76. The molecule has 0 aliphatic carbocycles. The third kappa shape index (κ3) is 3.95. The average Bonchev–Trinajstić information content (AvgIpc) is 3.09. The van der Waals surface area contributed by atoms with E-state index in [0.29, 0.717) is 19.5 Å². The van der Waals surface area contributed by atoms with Crippen molar-refractivity contribution < 1.29 is 18.0 Å². The van der Waals surface area contributed by atoms with Crippen molar-refractivity contribution in [1.29, 1.82) is 0 Å². The van der Waals surface area contributed by atoms with Crippen LogP contribution in [0.1, 0.15) is 27.2 Å². The average molecular weight is 393 g/mol. The molecule has 138 valence electrons. The summed E-state index contributed by atoms with van der Waals surface area (Å²) < 4.78 is 27.3. The molecule has 0 radical (unpaired) electrons. The Morgan fingerprint density at radius 2 is 2.08 bits per heavy atom. The maximum Gasteiger partial charge on any atom is 0.251 e. The van der Waals surface area contributed by atoms with E-state index in [9.17, 15) is 18.0 Å². The summed E-state index contributed by atoms with van der Waals surface area (Å²) in [6, 6.07) is 7.86. The van der Waals surface area contributed by atoms with Crippen LogP contribution in [0.2, 0.25) is 0 Å². The van der Waals surface area contributed by atoms with E-state index in [1.807, 2.05) is 11.4 Å². The molecular formula is C17H19N3O4S2. The van der Waals surface area contributed by atoms with Gasteiger partial charge in [0.05, 0.1) is 4.90 Å². The molecule has 0 atom stereocenters. The molecule has 0 fully saturated rings. The van der Waals surface area contributed by atoms with Gasteiger partial charge in [0.2, 0.25) is 15.9 Å². The van der Waals surface area contributed by atoms with Gasteiger partial charge in [-0.2, -0.15) is 4.31 Å². The molecule has 0 unspecified atom stereocenters. The third-order valence-corrected chi connectivity index (χ3v) is 7.03. The number of carbonyl (C=O) groups is 2. The topological polar surface area (TPSA) is 110 Å². The molecule has 1 aliphatic rings. The van der Waals surface area contributed by atoms with Crippen molar-refractivity contribution in [2.75, 3.05) is 13.1 Å². The maximum absolute atomic E-state index is 12.9. The van der Waals surface area contributed by atoms with Crippen LogP contribution < -0.4 is 11.1 Å². The molecule has 2 heterocycles. The highest BCUT2D eigenvalue weighted by atomic mass is 32.2. The van der Waals surface area contributed by atoms with Gasteiger partial charge in [0.15, 0.2) is 0 Å². The van der Waals surface area contributed by atoms with Crippen molar-refractivity contribution >= 4 is 33.2 Å². The number of hydrogen-bond acceptors (Lipinski definition) is 5. The van der Waals surface area contributed by atoms with Gasteiger partial charge in [-0.25, -0.2) is 8.42 Å². The van der Waals surface area contributed by atoms with Crippen molar-refractivity contribution in [1.82, 2.24) is 9.62 Å². The van der Waals surface area contributed by atoms with E-state index in [2.05, 4.69) is 5.32 Å². The first-order valence-electron chi connectivity index (χ1n) is 8.10. The van der Waals surface area contributed by atoms with Crippen LogP contribution in [0.3, 0.4) is 0 Å². The fraction of sp³-hybridized carbons (Fsp3) is 0.294. The molecule has 3 N–H and O–H groups in total. The molecule has 0 saturated heterocycles. The van der Waals surface area contributed by atoms with Crippen LogP contribution in [-0.4, -0.2) is 37.6 Å². The van der Waals surface area contributed by atoms with Gasteiger partial charge in [-0.05, 0) is 41.6 Å². The number of sulfonamides is 1. The highest BCUT2D eigenvalue weighted by Gasteiger charge is 2.29. The van der Waals surface area contributed by atoms with Crippen LogP contribution in [0.15, 0.2) is 40.6 Å². The quantitative estimate of drug-likeness (QED) is 0.766. The molecule has 9 heteroatoms. The summed E-state index contributed by atoms with van der Waals surface area (Å²) in [4.78, 5) is 24.2. The highest BCUT2D eigenvalue weighted by Crippen LogP contribution is 2.28. The van der Waals surface area contributed by atoms with Crippen LogP contribution in [-0.2, 0) is 27.8 Å². The predicted octanol–water partition coefficient (Wildman–Crippen LogP) is 1.10. The molecule has 0 spiro atoms. The van der Waals surface area contributed by atoms with Gasteiger partial charge in [0.25, 0.3) is 5.91 Å². The van der Waals surface area contributed by atoms with Gasteiger partial charge in [0.1, 0.15) is 0 Å².